The van der Waals surface area contributed by atoms with E-state index in [1.807, 2.05) is 17.5 Å². The van der Waals surface area contributed by atoms with Gasteiger partial charge in [0.05, 0.1) is 11.1 Å². The lowest BCUT2D eigenvalue weighted by Crippen LogP contribution is -2.47. The van der Waals surface area contributed by atoms with Gasteiger partial charge in [-0.3, -0.25) is 4.90 Å². The third kappa shape index (κ3) is 3.23. The molecule has 0 bridgehead atoms. The highest BCUT2D eigenvalue weighted by atomic mass is 32.1. The molecule has 4 heteroatoms. The second-order valence-electron chi connectivity index (χ2n) is 7.50. The summed E-state index contributed by atoms with van der Waals surface area (Å²) in [5.74, 6) is 1.17. The Labute approximate surface area is 126 Å². The Morgan fingerprint density at radius 3 is 2.70 bits per heavy atom. The Kier molecular flexibility index (Phi) is 3.91. The lowest BCUT2D eigenvalue weighted by atomic mass is 9.74. The zero-order valence-electron chi connectivity index (χ0n) is 12.8. The molecular formula is C16H26N2OS. The van der Waals surface area contributed by atoms with Crippen molar-refractivity contribution >= 4 is 11.3 Å². The topological polar surface area (TPSA) is 36.4 Å². The molecule has 1 saturated carbocycles. The minimum atomic E-state index is -0.195. The van der Waals surface area contributed by atoms with Gasteiger partial charge in [0.25, 0.3) is 0 Å². The maximum absolute atomic E-state index is 10.4. The lowest BCUT2D eigenvalue weighted by Gasteiger charge is -2.42. The van der Waals surface area contributed by atoms with Crippen LogP contribution in [0.15, 0.2) is 6.20 Å². The highest BCUT2D eigenvalue weighted by Gasteiger charge is 2.35. The molecule has 2 fully saturated rings. The molecule has 1 saturated heterocycles. The predicted molar refractivity (Wildman–Crippen MR) is 82.9 cm³/mol. The van der Waals surface area contributed by atoms with E-state index in [4.69, 9.17) is 0 Å². The minimum Gasteiger partial charge on any atom is -0.391 e. The monoisotopic (exact) mass is 294 g/mol. The maximum Gasteiger partial charge on any atom is 0.0959 e. The molecule has 3 rings (SSSR count). The van der Waals surface area contributed by atoms with Crippen LogP contribution in [0.5, 0.6) is 0 Å². The van der Waals surface area contributed by atoms with Crippen molar-refractivity contribution in [2.75, 3.05) is 13.1 Å². The Morgan fingerprint density at radius 1 is 1.35 bits per heavy atom. The SMILES string of the molecule is CC(C)(C)[C@@H]1CCN(Cc2cnc(C3CC3)s2)C[C@@H]1O. The average molecular weight is 294 g/mol. The van der Waals surface area contributed by atoms with E-state index in [0.29, 0.717) is 5.92 Å². The summed E-state index contributed by atoms with van der Waals surface area (Å²) in [5, 5.41) is 11.7. The second-order valence-corrected chi connectivity index (χ2v) is 8.65. The minimum absolute atomic E-state index is 0.195. The smallest absolute Gasteiger partial charge is 0.0959 e. The van der Waals surface area contributed by atoms with Gasteiger partial charge in [-0.15, -0.1) is 11.3 Å². The first kappa shape index (κ1) is 14.5. The van der Waals surface area contributed by atoms with Gasteiger partial charge in [-0.2, -0.15) is 0 Å². The lowest BCUT2D eigenvalue weighted by molar-refractivity contribution is -0.0262. The van der Waals surface area contributed by atoms with E-state index < -0.39 is 0 Å². The van der Waals surface area contributed by atoms with Crippen LogP contribution < -0.4 is 0 Å². The van der Waals surface area contributed by atoms with Crippen LogP contribution >= 0.6 is 11.3 Å². The van der Waals surface area contributed by atoms with Crippen molar-refractivity contribution in [3.63, 3.8) is 0 Å². The Hall–Kier alpha value is -0.450. The summed E-state index contributed by atoms with van der Waals surface area (Å²) in [6.45, 7) is 9.57. The summed E-state index contributed by atoms with van der Waals surface area (Å²) in [6, 6.07) is 0. The molecule has 0 radical (unpaired) electrons. The Balaban J connectivity index is 1.56. The van der Waals surface area contributed by atoms with E-state index in [1.54, 1.807) is 0 Å². The molecule has 0 spiro atoms. The summed E-state index contributed by atoms with van der Waals surface area (Å²) in [6.07, 6.45) is 5.59. The number of rotatable bonds is 3. The Morgan fingerprint density at radius 2 is 2.10 bits per heavy atom. The number of likely N-dealkylation sites (tertiary alicyclic amines) is 1. The zero-order chi connectivity index (χ0) is 14.3. The molecule has 2 aliphatic rings. The fourth-order valence-electron chi connectivity index (χ4n) is 3.29. The van der Waals surface area contributed by atoms with Gasteiger partial charge >= 0.3 is 0 Å². The van der Waals surface area contributed by atoms with Crippen LogP contribution in [0.25, 0.3) is 0 Å². The van der Waals surface area contributed by atoms with Crippen molar-refractivity contribution in [1.82, 2.24) is 9.88 Å². The largest absolute Gasteiger partial charge is 0.391 e. The number of nitrogens with zero attached hydrogens (tertiary/aromatic N) is 2. The number of aromatic nitrogens is 1. The quantitative estimate of drug-likeness (QED) is 0.929. The number of thiazole rings is 1. The molecule has 1 aromatic rings. The van der Waals surface area contributed by atoms with Crippen LogP contribution in [0.3, 0.4) is 0 Å². The van der Waals surface area contributed by atoms with E-state index in [2.05, 4.69) is 30.7 Å². The van der Waals surface area contributed by atoms with Crippen LogP contribution in [0.1, 0.15) is 55.8 Å². The van der Waals surface area contributed by atoms with Crippen LogP contribution in [0.2, 0.25) is 0 Å². The predicted octanol–water partition coefficient (Wildman–Crippen LogP) is 3.25. The third-order valence-corrected chi connectivity index (χ3v) is 5.80. The van der Waals surface area contributed by atoms with Crippen molar-refractivity contribution in [3.05, 3.63) is 16.1 Å². The van der Waals surface area contributed by atoms with Gasteiger partial charge in [-0.05, 0) is 37.1 Å². The molecule has 0 amide bonds. The molecule has 0 aromatic carbocycles. The maximum atomic E-state index is 10.4. The van der Waals surface area contributed by atoms with E-state index >= 15 is 0 Å². The highest BCUT2D eigenvalue weighted by molar-refractivity contribution is 7.11. The van der Waals surface area contributed by atoms with Gasteiger partial charge in [0.2, 0.25) is 0 Å². The number of β-amino-alcohol motifs (C(OH)–C–C–N with tert-alkyl or cyclic N) is 1. The molecular weight excluding hydrogens is 268 g/mol. The number of hydrogen-bond acceptors (Lipinski definition) is 4. The summed E-state index contributed by atoms with van der Waals surface area (Å²) in [5.41, 5.74) is 0.204. The first-order valence-electron chi connectivity index (χ1n) is 7.78. The third-order valence-electron chi connectivity index (χ3n) is 4.66. The van der Waals surface area contributed by atoms with Crippen molar-refractivity contribution < 1.29 is 5.11 Å². The highest BCUT2D eigenvalue weighted by Crippen LogP contribution is 2.42. The average Bonchev–Trinajstić information content (AvgIpc) is 3.09. The van der Waals surface area contributed by atoms with Crippen molar-refractivity contribution in [2.24, 2.45) is 11.3 Å². The molecule has 0 unspecified atom stereocenters. The molecule has 1 aromatic heterocycles. The second kappa shape index (κ2) is 5.39. The Bertz CT molecular complexity index is 461. The molecule has 3 nitrogen and oxygen atoms in total. The fraction of sp³-hybridized carbons (Fsp3) is 0.812. The molecule has 1 aliphatic carbocycles. The van der Waals surface area contributed by atoms with Gasteiger partial charge < -0.3 is 5.11 Å². The van der Waals surface area contributed by atoms with Crippen molar-refractivity contribution in [1.29, 1.82) is 0 Å². The number of aliphatic hydroxyl groups is 1. The molecule has 2 heterocycles. The van der Waals surface area contributed by atoms with E-state index in [1.165, 1.54) is 22.7 Å². The first-order chi connectivity index (χ1) is 9.43. The van der Waals surface area contributed by atoms with E-state index in [-0.39, 0.29) is 11.5 Å². The molecule has 2 atom stereocenters. The van der Waals surface area contributed by atoms with Crippen LogP contribution in [0, 0.1) is 11.3 Å². The first-order valence-corrected chi connectivity index (χ1v) is 8.60. The van der Waals surface area contributed by atoms with Crippen LogP contribution in [0.4, 0.5) is 0 Å². The molecule has 112 valence electrons. The summed E-state index contributed by atoms with van der Waals surface area (Å²) < 4.78 is 0. The summed E-state index contributed by atoms with van der Waals surface area (Å²) in [4.78, 5) is 8.29. The van der Waals surface area contributed by atoms with E-state index in [9.17, 15) is 5.11 Å². The molecule has 1 N–H and O–H groups in total. The van der Waals surface area contributed by atoms with Gasteiger partial charge in [0.1, 0.15) is 0 Å². The molecule has 1 aliphatic heterocycles. The van der Waals surface area contributed by atoms with Crippen LogP contribution in [-0.2, 0) is 6.54 Å². The summed E-state index contributed by atoms with van der Waals surface area (Å²) >= 11 is 1.87. The van der Waals surface area contributed by atoms with Crippen LogP contribution in [-0.4, -0.2) is 34.2 Å². The summed E-state index contributed by atoms with van der Waals surface area (Å²) in [7, 11) is 0. The van der Waals surface area contributed by atoms with E-state index in [0.717, 1.165) is 32.0 Å². The number of aliphatic hydroxyl groups excluding tert-OH is 1. The number of hydrogen-bond donors (Lipinski definition) is 1. The van der Waals surface area contributed by atoms with Gasteiger partial charge in [0, 0.05) is 30.1 Å². The normalized spacial score (nSPS) is 28.8. The molecule has 20 heavy (non-hydrogen) atoms. The fourth-order valence-corrected chi connectivity index (χ4v) is 4.41. The van der Waals surface area contributed by atoms with Gasteiger partial charge in [-0.25, -0.2) is 4.98 Å². The van der Waals surface area contributed by atoms with Crippen molar-refractivity contribution in [3.8, 4) is 0 Å². The number of piperidine rings is 1. The van der Waals surface area contributed by atoms with Crippen molar-refractivity contribution in [2.45, 2.75) is 58.6 Å². The standard InChI is InChI=1S/C16H26N2OS/c1-16(2,3)13-6-7-18(10-14(13)19)9-12-8-17-15(20-12)11-4-5-11/h8,11,13-14,19H,4-7,9-10H2,1-3H3/t13-,14+/m1/s1. The zero-order valence-corrected chi connectivity index (χ0v) is 13.6. The van der Waals surface area contributed by atoms with Gasteiger partial charge in [-0.1, -0.05) is 20.8 Å². The van der Waals surface area contributed by atoms with Gasteiger partial charge in [0.15, 0.2) is 0 Å².